The Morgan fingerprint density at radius 1 is 0.733 bits per heavy atom. The van der Waals surface area contributed by atoms with E-state index < -0.39 is 96.9 Å². The summed E-state index contributed by atoms with van der Waals surface area (Å²) >= 11 is 0. The van der Waals surface area contributed by atoms with Gasteiger partial charge in [-0.15, -0.1) is 0 Å². The van der Waals surface area contributed by atoms with Crippen molar-refractivity contribution in [2.24, 2.45) is 0 Å². The second-order valence-corrected chi connectivity index (χ2v) is 10.4. The van der Waals surface area contributed by atoms with Crippen LogP contribution < -0.4 is 19.6 Å². The van der Waals surface area contributed by atoms with Crippen molar-refractivity contribution in [1.82, 2.24) is 0 Å². The van der Waals surface area contributed by atoms with Crippen LogP contribution in [-0.4, -0.2) is 133 Å². The normalized spacial score (nSPS) is 31.9. The van der Waals surface area contributed by atoms with Crippen LogP contribution in [0, 0.1) is 0 Å². The van der Waals surface area contributed by atoms with E-state index >= 15 is 0 Å². The summed E-state index contributed by atoms with van der Waals surface area (Å²) in [5.74, 6) is -2.22. The van der Waals surface area contributed by atoms with E-state index in [2.05, 4.69) is 0 Å². The van der Waals surface area contributed by atoms with Gasteiger partial charge in [0, 0.05) is 17.7 Å². The highest BCUT2D eigenvalue weighted by Gasteiger charge is 2.46. The van der Waals surface area contributed by atoms with Crippen molar-refractivity contribution in [3.8, 4) is 40.1 Å². The summed E-state index contributed by atoms with van der Waals surface area (Å²) in [6.45, 7) is -1.38. The number of phenols is 1. The van der Waals surface area contributed by atoms with Gasteiger partial charge in [0.2, 0.25) is 23.8 Å². The number of methoxy groups -OCH3 is 1. The van der Waals surface area contributed by atoms with Gasteiger partial charge in [0.15, 0.2) is 17.3 Å². The van der Waals surface area contributed by atoms with Gasteiger partial charge in [-0.05, 0) is 18.2 Å². The van der Waals surface area contributed by atoms with Gasteiger partial charge in [-0.2, -0.15) is 0 Å². The number of rotatable bonds is 8. The maximum Gasteiger partial charge on any atom is 0.238 e. The smallest absolute Gasteiger partial charge is 0.238 e. The van der Waals surface area contributed by atoms with E-state index in [0.717, 1.165) is 12.1 Å². The highest BCUT2D eigenvalue weighted by atomic mass is 16.7. The summed E-state index contributed by atoms with van der Waals surface area (Å²) < 4.78 is 32.9. The number of phenolic OH excluding ortho intramolecular Hbond substituents is 1. The van der Waals surface area contributed by atoms with Crippen molar-refractivity contribution in [3.05, 3.63) is 40.6 Å². The number of fused-ring (bicyclic) bond motifs is 1. The number of hydrogen-bond acceptors (Lipinski definition) is 17. The van der Waals surface area contributed by atoms with Crippen LogP contribution in [0.4, 0.5) is 0 Å². The van der Waals surface area contributed by atoms with Crippen molar-refractivity contribution in [3.63, 3.8) is 0 Å². The number of aliphatic hydroxyl groups excluding tert-OH is 8. The molecule has 17 heteroatoms. The maximum absolute atomic E-state index is 13.1. The third kappa shape index (κ3) is 5.98. The Balaban J connectivity index is 1.47. The Hall–Kier alpha value is -3.75. The van der Waals surface area contributed by atoms with Gasteiger partial charge in [-0.25, -0.2) is 0 Å². The first-order valence-electron chi connectivity index (χ1n) is 13.6. The van der Waals surface area contributed by atoms with Crippen molar-refractivity contribution in [1.29, 1.82) is 0 Å². The van der Waals surface area contributed by atoms with Crippen molar-refractivity contribution < 1.29 is 79.2 Å². The molecule has 2 saturated heterocycles. The van der Waals surface area contributed by atoms with Crippen LogP contribution in [0.15, 0.2) is 39.5 Å². The molecule has 2 aliphatic heterocycles. The molecule has 3 heterocycles. The van der Waals surface area contributed by atoms with E-state index in [1.54, 1.807) is 0 Å². The third-order valence-corrected chi connectivity index (χ3v) is 7.54. The average molecular weight is 641 g/mol. The summed E-state index contributed by atoms with van der Waals surface area (Å²) in [4.78, 5) is 13.1. The Morgan fingerprint density at radius 2 is 1.31 bits per heavy atom. The van der Waals surface area contributed by atoms with E-state index in [1.807, 2.05) is 0 Å². The third-order valence-electron chi connectivity index (χ3n) is 7.54. The van der Waals surface area contributed by atoms with Gasteiger partial charge in [0.1, 0.15) is 71.3 Å². The van der Waals surface area contributed by atoms with Crippen LogP contribution in [0.25, 0.3) is 22.3 Å². The van der Waals surface area contributed by atoms with Crippen LogP contribution in [-0.2, 0) is 9.47 Å². The zero-order valence-corrected chi connectivity index (χ0v) is 23.4. The Labute approximate surface area is 252 Å². The van der Waals surface area contributed by atoms with Gasteiger partial charge in [-0.1, -0.05) is 0 Å². The lowest BCUT2D eigenvalue weighted by atomic mass is 9.99. The van der Waals surface area contributed by atoms with Crippen LogP contribution in [0.1, 0.15) is 0 Å². The highest BCUT2D eigenvalue weighted by Crippen LogP contribution is 2.40. The van der Waals surface area contributed by atoms with Gasteiger partial charge < -0.3 is 79.2 Å². The second kappa shape index (κ2) is 12.9. The molecule has 17 nitrogen and oxygen atoms in total. The summed E-state index contributed by atoms with van der Waals surface area (Å²) in [6.07, 6.45) is -15.8. The van der Waals surface area contributed by atoms with Crippen molar-refractivity contribution in [2.45, 2.75) is 61.4 Å². The first-order chi connectivity index (χ1) is 21.4. The molecule has 2 aliphatic rings. The molecule has 0 unspecified atom stereocenters. The molecule has 10 N–H and O–H groups in total. The number of aliphatic hydroxyl groups is 8. The molecular formula is C28H32O17. The summed E-state index contributed by atoms with van der Waals surface area (Å²) in [5, 5.41) is 100. The van der Waals surface area contributed by atoms with E-state index in [-0.39, 0.29) is 34.2 Å². The molecular weight excluding hydrogens is 608 g/mol. The first kappa shape index (κ1) is 32.6. The van der Waals surface area contributed by atoms with Gasteiger partial charge >= 0.3 is 0 Å². The van der Waals surface area contributed by atoms with Crippen molar-refractivity contribution >= 4 is 11.0 Å². The standard InChI is InChI=1S/C28H32O17/c1-40-13-4-9(2-3-12(13)43-28-25(39)22(36)19(33)16(8-30)45-28)26-23(37)20(34)17-11(31)5-10(6-14(17)42-26)41-27-24(38)21(35)18(32)15(7-29)44-27/h2-6,15-16,18-19,21-22,24-25,27-33,35-39H,7-8H2,1H3/t15-,16-,18-,19-,21+,22+,24-,25-,27-,28-/m1/s1. The van der Waals surface area contributed by atoms with Gasteiger partial charge in [0.25, 0.3) is 0 Å². The highest BCUT2D eigenvalue weighted by molar-refractivity contribution is 5.88. The molecule has 0 saturated carbocycles. The molecule has 0 amide bonds. The molecule has 0 spiro atoms. The molecule has 2 fully saturated rings. The van der Waals surface area contributed by atoms with E-state index in [0.29, 0.717) is 0 Å². The zero-order chi connectivity index (χ0) is 32.7. The number of benzene rings is 2. The van der Waals surface area contributed by atoms with Crippen LogP contribution in [0.2, 0.25) is 0 Å². The zero-order valence-electron chi connectivity index (χ0n) is 23.4. The molecule has 3 aromatic rings. The second-order valence-electron chi connectivity index (χ2n) is 10.4. The average Bonchev–Trinajstić information content (AvgIpc) is 3.03. The lowest BCUT2D eigenvalue weighted by Gasteiger charge is -2.39. The quantitative estimate of drug-likeness (QED) is 0.119. The lowest BCUT2D eigenvalue weighted by molar-refractivity contribution is -0.277. The molecule has 2 aromatic carbocycles. The Morgan fingerprint density at radius 3 is 1.87 bits per heavy atom. The summed E-state index contributed by atoms with van der Waals surface area (Å²) in [7, 11) is 1.26. The molecule has 246 valence electrons. The minimum absolute atomic E-state index is 0.0193. The predicted molar refractivity (Wildman–Crippen MR) is 147 cm³/mol. The predicted octanol–water partition coefficient (Wildman–Crippen LogP) is -2.76. The summed E-state index contributed by atoms with van der Waals surface area (Å²) in [6, 6.07) is 6.02. The number of aromatic hydroxyl groups is 2. The summed E-state index contributed by atoms with van der Waals surface area (Å²) in [5.41, 5.74) is -1.24. The minimum Gasteiger partial charge on any atom is -0.507 e. The number of hydrogen-bond donors (Lipinski definition) is 10. The fourth-order valence-corrected chi connectivity index (χ4v) is 5.02. The van der Waals surface area contributed by atoms with E-state index in [4.69, 9.17) is 28.1 Å². The van der Waals surface area contributed by atoms with Crippen LogP contribution >= 0.6 is 0 Å². The van der Waals surface area contributed by atoms with Crippen LogP contribution in [0.5, 0.6) is 28.7 Å². The molecule has 10 atom stereocenters. The van der Waals surface area contributed by atoms with Crippen molar-refractivity contribution in [2.75, 3.05) is 20.3 Å². The van der Waals surface area contributed by atoms with Gasteiger partial charge in [0.05, 0.1) is 20.3 Å². The SMILES string of the molecule is COc1cc(-c2oc3cc(O[C@@H]4O[C@H](CO)[C@@H](O)[C@H](O)[C@H]4O)cc(O)c3c(=O)c2O)ccc1O[C@@H]1O[C@H](CO)[C@@H](O)[C@H](O)[C@H]1O. The fourth-order valence-electron chi connectivity index (χ4n) is 5.02. The number of ether oxygens (including phenoxy) is 5. The molecule has 5 rings (SSSR count). The van der Waals surface area contributed by atoms with E-state index in [1.165, 1.54) is 25.3 Å². The van der Waals surface area contributed by atoms with E-state index in [9.17, 15) is 55.9 Å². The van der Waals surface area contributed by atoms with Crippen LogP contribution in [0.3, 0.4) is 0 Å². The fraction of sp³-hybridized carbons (Fsp3) is 0.464. The van der Waals surface area contributed by atoms with Gasteiger partial charge in [-0.3, -0.25) is 4.79 Å². The molecule has 0 aliphatic carbocycles. The molecule has 0 radical (unpaired) electrons. The topological polar surface area (TPSA) is 279 Å². The first-order valence-corrected chi connectivity index (χ1v) is 13.6. The largest absolute Gasteiger partial charge is 0.507 e. The molecule has 0 bridgehead atoms. The lowest BCUT2D eigenvalue weighted by Crippen LogP contribution is -2.60. The Kier molecular flexibility index (Phi) is 9.38. The minimum atomic E-state index is -1.76. The Bertz CT molecular complexity index is 1570. The maximum atomic E-state index is 13.1. The molecule has 45 heavy (non-hydrogen) atoms. The molecule has 1 aromatic heterocycles. The monoisotopic (exact) mass is 640 g/mol.